The second-order valence-corrected chi connectivity index (χ2v) is 8.79. The van der Waals surface area contributed by atoms with E-state index < -0.39 is 14.8 Å². The Bertz CT molecular complexity index is 321. The van der Waals surface area contributed by atoms with Crippen molar-refractivity contribution >= 4 is 26.0 Å². The molecule has 1 aliphatic heterocycles. The van der Waals surface area contributed by atoms with Crippen LogP contribution in [-0.4, -0.2) is 35.4 Å². The number of nitrogens with zero attached hydrogens (tertiary/aromatic N) is 1. The van der Waals surface area contributed by atoms with Gasteiger partial charge in [0, 0.05) is 17.9 Å². The van der Waals surface area contributed by atoms with Gasteiger partial charge in [0.25, 0.3) is 0 Å². The molecule has 1 saturated heterocycles. The van der Waals surface area contributed by atoms with Gasteiger partial charge in [-0.1, -0.05) is 15.9 Å². The van der Waals surface area contributed by atoms with Gasteiger partial charge in [0.2, 0.25) is 10.0 Å². The maximum Gasteiger partial charge on any atom is 0.219 e. The van der Waals surface area contributed by atoms with Gasteiger partial charge in [0.1, 0.15) is 0 Å². The predicted molar refractivity (Wildman–Crippen MR) is 71.4 cm³/mol. The van der Waals surface area contributed by atoms with E-state index in [1.54, 1.807) is 25.1 Å². The molecule has 1 unspecified atom stereocenters. The Hall–Kier alpha value is 0.390. The van der Waals surface area contributed by atoms with Crippen LogP contribution in [0.3, 0.4) is 0 Å². The molecule has 1 aliphatic rings. The minimum absolute atomic E-state index is 0.224. The molecule has 16 heavy (non-hydrogen) atoms. The van der Waals surface area contributed by atoms with Gasteiger partial charge in [-0.3, -0.25) is 0 Å². The second-order valence-electron chi connectivity index (χ2n) is 5.36. The number of hydrogen-bond donors (Lipinski definition) is 0. The summed E-state index contributed by atoms with van der Waals surface area (Å²) in [5.41, 5.74) is 0. The van der Waals surface area contributed by atoms with Crippen LogP contribution in [0.15, 0.2) is 0 Å². The molecule has 0 aromatic rings. The molecule has 0 N–H and O–H groups in total. The molecule has 0 saturated carbocycles. The van der Waals surface area contributed by atoms with Crippen molar-refractivity contribution in [3.8, 4) is 0 Å². The van der Waals surface area contributed by atoms with Crippen molar-refractivity contribution in [2.45, 2.75) is 57.2 Å². The first kappa shape index (κ1) is 14.5. The Labute approximate surface area is 108 Å². The van der Waals surface area contributed by atoms with Crippen molar-refractivity contribution in [3.05, 3.63) is 0 Å². The highest BCUT2D eigenvalue weighted by molar-refractivity contribution is 9.09. The van der Waals surface area contributed by atoms with Crippen molar-refractivity contribution in [2.75, 3.05) is 11.9 Å². The third-order valence-corrected chi connectivity index (χ3v) is 6.28. The lowest BCUT2D eigenvalue weighted by Gasteiger charge is -2.31. The second kappa shape index (κ2) is 5.36. The lowest BCUT2D eigenvalue weighted by Crippen LogP contribution is -2.45. The number of hydrogen-bond acceptors (Lipinski definition) is 2. The zero-order chi connectivity index (χ0) is 12.4. The Balaban J connectivity index is 2.79. The van der Waals surface area contributed by atoms with Crippen LogP contribution in [0.5, 0.6) is 0 Å². The number of sulfonamides is 1. The molecular weight excluding hydrogens is 290 g/mol. The van der Waals surface area contributed by atoms with E-state index >= 15 is 0 Å². The van der Waals surface area contributed by atoms with Gasteiger partial charge in [-0.2, -0.15) is 4.31 Å². The lowest BCUT2D eigenvalue weighted by molar-refractivity contribution is 0.357. The van der Waals surface area contributed by atoms with Crippen molar-refractivity contribution in [1.82, 2.24) is 4.31 Å². The molecule has 1 heterocycles. The summed E-state index contributed by atoms with van der Waals surface area (Å²) in [5.74, 6) is 0. The summed E-state index contributed by atoms with van der Waals surface area (Å²) >= 11 is 3.40. The molecule has 0 bridgehead atoms. The molecule has 0 aromatic carbocycles. The third-order valence-electron chi connectivity index (χ3n) is 3.08. The third kappa shape index (κ3) is 2.99. The number of rotatable bonds is 4. The minimum Gasteiger partial charge on any atom is -0.212 e. The number of halogens is 1. The Morgan fingerprint density at radius 2 is 2.00 bits per heavy atom. The summed E-state index contributed by atoms with van der Waals surface area (Å²) in [4.78, 5) is 0. The van der Waals surface area contributed by atoms with Gasteiger partial charge in [-0.05, 0) is 46.5 Å². The highest BCUT2D eigenvalue weighted by atomic mass is 79.9. The first-order chi connectivity index (χ1) is 7.30. The minimum atomic E-state index is -3.14. The van der Waals surface area contributed by atoms with Crippen LogP contribution >= 0.6 is 15.9 Å². The molecule has 3 nitrogen and oxygen atoms in total. The zero-order valence-electron chi connectivity index (χ0n) is 10.4. The summed E-state index contributed by atoms with van der Waals surface area (Å²) in [6.07, 6.45) is 4.03. The number of alkyl halides is 1. The molecule has 1 atom stereocenters. The summed E-state index contributed by atoms with van der Waals surface area (Å²) in [5, 5.41) is 0.951. The fourth-order valence-corrected chi connectivity index (χ4v) is 4.08. The molecule has 0 aromatic heterocycles. The lowest BCUT2D eigenvalue weighted by atomic mass is 10.1. The first-order valence-corrected chi connectivity index (χ1v) is 8.44. The largest absolute Gasteiger partial charge is 0.219 e. The highest BCUT2D eigenvalue weighted by Crippen LogP contribution is 2.30. The zero-order valence-corrected chi connectivity index (χ0v) is 12.8. The normalized spacial score (nSPS) is 23.9. The average molecular weight is 312 g/mol. The van der Waals surface area contributed by atoms with E-state index in [1.807, 2.05) is 0 Å². The molecule has 5 heteroatoms. The van der Waals surface area contributed by atoms with E-state index in [4.69, 9.17) is 0 Å². The van der Waals surface area contributed by atoms with Gasteiger partial charge in [0.05, 0.1) is 4.75 Å². The smallest absolute Gasteiger partial charge is 0.212 e. The van der Waals surface area contributed by atoms with Gasteiger partial charge >= 0.3 is 0 Å². The van der Waals surface area contributed by atoms with Crippen LogP contribution < -0.4 is 0 Å². The van der Waals surface area contributed by atoms with Crippen LogP contribution in [0, 0.1) is 0 Å². The predicted octanol–water partition coefficient (Wildman–Crippen LogP) is 2.75. The van der Waals surface area contributed by atoms with Crippen LogP contribution in [0.1, 0.15) is 46.5 Å². The summed E-state index contributed by atoms with van der Waals surface area (Å²) in [6, 6.07) is 0.224. The SMILES string of the molecule is CC(C)(C)S(=O)(=O)N1CCCC1CCCBr. The van der Waals surface area contributed by atoms with Crippen LogP contribution in [0.4, 0.5) is 0 Å². The van der Waals surface area contributed by atoms with Gasteiger partial charge in [-0.15, -0.1) is 0 Å². The fourth-order valence-electron chi connectivity index (χ4n) is 2.08. The van der Waals surface area contributed by atoms with E-state index in [-0.39, 0.29) is 6.04 Å². The summed E-state index contributed by atoms with van der Waals surface area (Å²) < 4.78 is 25.7. The van der Waals surface area contributed by atoms with Gasteiger partial charge in [0.15, 0.2) is 0 Å². The maximum absolute atomic E-state index is 12.3. The van der Waals surface area contributed by atoms with E-state index in [1.165, 1.54) is 0 Å². The Morgan fingerprint density at radius 1 is 1.38 bits per heavy atom. The molecule has 0 aliphatic carbocycles. The van der Waals surface area contributed by atoms with Crippen LogP contribution in [0.2, 0.25) is 0 Å². The highest BCUT2D eigenvalue weighted by Gasteiger charge is 2.40. The molecule has 0 amide bonds. The van der Waals surface area contributed by atoms with Crippen molar-refractivity contribution < 1.29 is 8.42 Å². The van der Waals surface area contributed by atoms with E-state index in [2.05, 4.69) is 15.9 Å². The van der Waals surface area contributed by atoms with E-state index in [0.717, 1.165) is 31.0 Å². The maximum atomic E-state index is 12.3. The molecule has 0 spiro atoms. The monoisotopic (exact) mass is 311 g/mol. The fraction of sp³-hybridized carbons (Fsp3) is 1.00. The van der Waals surface area contributed by atoms with Crippen molar-refractivity contribution in [2.24, 2.45) is 0 Å². The van der Waals surface area contributed by atoms with Crippen LogP contribution in [-0.2, 0) is 10.0 Å². The molecule has 1 rings (SSSR count). The van der Waals surface area contributed by atoms with E-state index in [0.29, 0.717) is 6.54 Å². The summed E-state index contributed by atoms with van der Waals surface area (Å²) in [7, 11) is -3.14. The standard InChI is InChI=1S/C11H22BrNO2S/c1-11(2,3)16(14,15)13-9-5-7-10(13)6-4-8-12/h10H,4-9H2,1-3H3. The van der Waals surface area contributed by atoms with Crippen molar-refractivity contribution in [1.29, 1.82) is 0 Å². The van der Waals surface area contributed by atoms with E-state index in [9.17, 15) is 8.42 Å². The Morgan fingerprint density at radius 3 is 2.50 bits per heavy atom. The molecule has 0 radical (unpaired) electrons. The van der Waals surface area contributed by atoms with Crippen LogP contribution in [0.25, 0.3) is 0 Å². The topological polar surface area (TPSA) is 37.4 Å². The quantitative estimate of drug-likeness (QED) is 0.749. The Kier molecular flexibility index (Phi) is 4.84. The van der Waals surface area contributed by atoms with Gasteiger partial charge < -0.3 is 0 Å². The molecule has 1 fully saturated rings. The molecule has 96 valence electrons. The molecular formula is C11H22BrNO2S. The average Bonchev–Trinajstić information content (AvgIpc) is 2.61. The van der Waals surface area contributed by atoms with Crippen molar-refractivity contribution in [3.63, 3.8) is 0 Å². The summed E-state index contributed by atoms with van der Waals surface area (Å²) in [6.45, 7) is 6.04. The first-order valence-electron chi connectivity index (χ1n) is 5.88. The van der Waals surface area contributed by atoms with Gasteiger partial charge in [-0.25, -0.2) is 8.42 Å².